The highest BCUT2D eigenvalue weighted by molar-refractivity contribution is 6.03. The molecule has 28 heavy (non-hydrogen) atoms. The van der Waals surface area contributed by atoms with Crippen LogP contribution in [0, 0.1) is 0 Å². The molecule has 0 unspecified atom stereocenters. The molecule has 2 aromatic rings. The first-order chi connectivity index (χ1) is 13.5. The van der Waals surface area contributed by atoms with E-state index in [9.17, 15) is 14.4 Å². The quantitative estimate of drug-likeness (QED) is 0.377. The fourth-order valence-corrected chi connectivity index (χ4v) is 2.52. The standard InChI is InChI=1S/C22H25NO5/c1-3-4-15-28-22(26)18-7-5-6-8-19(18)23-21(25)14-13-20(24)16-9-11-17(27-2)12-10-16/h5-12H,3-4,13-15H2,1-2H3,(H,23,25). The van der Waals surface area contributed by atoms with Gasteiger partial charge in [0.2, 0.25) is 5.91 Å². The van der Waals surface area contributed by atoms with Gasteiger partial charge in [0, 0.05) is 18.4 Å². The Morgan fingerprint density at radius 2 is 1.68 bits per heavy atom. The van der Waals surface area contributed by atoms with Crippen molar-refractivity contribution in [3.63, 3.8) is 0 Å². The van der Waals surface area contributed by atoms with Crippen LogP contribution in [-0.4, -0.2) is 31.4 Å². The molecule has 0 aromatic heterocycles. The topological polar surface area (TPSA) is 81.7 Å². The maximum Gasteiger partial charge on any atom is 0.340 e. The van der Waals surface area contributed by atoms with Crippen LogP contribution in [0.25, 0.3) is 0 Å². The maximum absolute atomic E-state index is 12.2. The van der Waals surface area contributed by atoms with Crippen molar-refractivity contribution in [1.82, 2.24) is 0 Å². The number of rotatable bonds is 10. The number of amides is 1. The Labute approximate surface area is 164 Å². The fraction of sp³-hybridized carbons (Fsp3) is 0.318. The summed E-state index contributed by atoms with van der Waals surface area (Å²) in [6.07, 6.45) is 1.80. The molecule has 1 N–H and O–H groups in total. The van der Waals surface area contributed by atoms with Crippen molar-refractivity contribution in [2.75, 3.05) is 19.0 Å². The van der Waals surface area contributed by atoms with E-state index in [-0.39, 0.29) is 24.5 Å². The van der Waals surface area contributed by atoms with Crippen molar-refractivity contribution >= 4 is 23.3 Å². The van der Waals surface area contributed by atoms with Gasteiger partial charge >= 0.3 is 5.97 Å². The van der Waals surface area contributed by atoms with Crippen LogP contribution in [-0.2, 0) is 9.53 Å². The Morgan fingerprint density at radius 1 is 0.964 bits per heavy atom. The monoisotopic (exact) mass is 383 g/mol. The van der Waals surface area contributed by atoms with E-state index in [2.05, 4.69) is 5.32 Å². The van der Waals surface area contributed by atoms with Crippen molar-refractivity contribution in [1.29, 1.82) is 0 Å². The minimum absolute atomic E-state index is 0.0179. The number of anilines is 1. The van der Waals surface area contributed by atoms with Gasteiger partial charge < -0.3 is 14.8 Å². The van der Waals surface area contributed by atoms with Crippen LogP contribution in [0.2, 0.25) is 0 Å². The zero-order valence-corrected chi connectivity index (χ0v) is 16.2. The molecule has 0 atom stereocenters. The lowest BCUT2D eigenvalue weighted by Crippen LogP contribution is -2.17. The average molecular weight is 383 g/mol. The van der Waals surface area contributed by atoms with E-state index in [0.29, 0.717) is 29.2 Å². The Hall–Kier alpha value is -3.15. The van der Waals surface area contributed by atoms with Crippen molar-refractivity contribution in [2.45, 2.75) is 32.6 Å². The largest absolute Gasteiger partial charge is 0.497 e. The molecule has 0 radical (unpaired) electrons. The van der Waals surface area contributed by atoms with Gasteiger partial charge in [-0.05, 0) is 42.8 Å². The predicted octanol–water partition coefficient (Wildman–Crippen LogP) is 4.25. The van der Waals surface area contributed by atoms with E-state index in [1.54, 1.807) is 55.6 Å². The second-order valence-corrected chi connectivity index (χ2v) is 6.23. The molecule has 6 heteroatoms. The fourth-order valence-electron chi connectivity index (χ4n) is 2.52. The summed E-state index contributed by atoms with van der Waals surface area (Å²) in [5.41, 5.74) is 1.20. The lowest BCUT2D eigenvalue weighted by molar-refractivity contribution is -0.116. The van der Waals surface area contributed by atoms with E-state index >= 15 is 0 Å². The SMILES string of the molecule is CCCCOC(=O)c1ccccc1NC(=O)CCC(=O)c1ccc(OC)cc1. The van der Waals surface area contributed by atoms with E-state index in [1.807, 2.05) is 6.92 Å². The summed E-state index contributed by atoms with van der Waals surface area (Å²) in [4.78, 5) is 36.7. The predicted molar refractivity (Wildman–Crippen MR) is 107 cm³/mol. The minimum Gasteiger partial charge on any atom is -0.497 e. The van der Waals surface area contributed by atoms with Crippen molar-refractivity contribution in [2.24, 2.45) is 0 Å². The third-order valence-electron chi connectivity index (χ3n) is 4.14. The highest BCUT2D eigenvalue weighted by Gasteiger charge is 2.15. The smallest absolute Gasteiger partial charge is 0.340 e. The van der Waals surface area contributed by atoms with Gasteiger partial charge in [-0.25, -0.2) is 4.79 Å². The molecule has 0 heterocycles. The third kappa shape index (κ3) is 6.23. The first-order valence-corrected chi connectivity index (χ1v) is 9.28. The van der Waals surface area contributed by atoms with Crippen molar-refractivity contribution < 1.29 is 23.9 Å². The van der Waals surface area contributed by atoms with Crippen LogP contribution in [0.4, 0.5) is 5.69 Å². The Balaban J connectivity index is 1.92. The van der Waals surface area contributed by atoms with Gasteiger partial charge in [0.25, 0.3) is 0 Å². The first kappa shape index (κ1) is 21.2. The molecule has 0 bridgehead atoms. The molecule has 0 aliphatic rings. The van der Waals surface area contributed by atoms with Gasteiger partial charge in [-0.15, -0.1) is 0 Å². The Kier molecular flexibility index (Phi) is 8.21. The molecule has 0 spiro atoms. The van der Waals surface area contributed by atoms with Gasteiger partial charge in [-0.3, -0.25) is 9.59 Å². The number of carbonyl (C=O) groups is 3. The lowest BCUT2D eigenvalue weighted by atomic mass is 10.1. The summed E-state index contributed by atoms with van der Waals surface area (Å²) >= 11 is 0. The third-order valence-corrected chi connectivity index (χ3v) is 4.14. The Bertz CT molecular complexity index is 814. The molecule has 0 aliphatic carbocycles. The lowest BCUT2D eigenvalue weighted by Gasteiger charge is -2.11. The number of carbonyl (C=O) groups excluding carboxylic acids is 3. The zero-order valence-electron chi connectivity index (χ0n) is 16.2. The van der Waals surface area contributed by atoms with Gasteiger partial charge in [-0.1, -0.05) is 25.5 Å². The molecule has 0 saturated heterocycles. The van der Waals surface area contributed by atoms with Gasteiger partial charge in [-0.2, -0.15) is 0 Å². The summed E-state index contributed by atoms with van der Waals surface area (Å²) in [6.45, 7) is 2.35. The molecular formula is C22H25NO5. The van der Waals surface area contributed by atoms with Crippen LogP contribution in [0.15, 0.2) is 48.5 Å². The molecule has 2 rings (SSSR count). The summed E-state index contributed by atoms with van der Waals surface area (Å²) < 4.78 is 10.3. The average Bonchev–Trinajstić information content (AvgIpc) is 2.72. The number of benzene rings is 2. The van der Waals surface area contributed by atoms with Crippen LogP contribution < -0.4 is 10.1 Å². The number of ether oxygens (including phenoxy) is 2. The van der Waals surface area contributed by atoms with Crippen molar-refractivity contribution in [3.8, 4) is 5.75 Å². The number of hydrogen-bond donors (Lipinski definition) is 1. The van der Waals surface area contributed by atoms with Gasteiger partial charge in [0.1, 0.15) is 5.75 Å². The molecule has 0 saturated carbocycles. The maximum atomic E-state index is 12.2. The Morgan fingerprint density at radius 3 is 2.36 bits per heavy atom. The number of para-hydroxylation sites is 1. The van der Waals surface area contributed by atoms with E-state index in [0.717, 1.165) is 12.8 Å². The highest BCUT2D eigenvalue weighted by Crippen LogP contribution is 2.18. The number of unbranched alkanes of at least 4 members (excludes halogenated alkanes) is 1. The number of nitrogens with one attached hydrogen (secondary N) is 1. The van der Waals surface area contributed by atoms with Crippen LogP contribution in [0.3, 0.4) is 0 Å². The number of methoxy groups -OCH3 is 1. The summed E-state index contributed by atoms with van der Waals surface area (Å²) in [5, 5.41) is 2.69. The minimum atomic E-state index is -0.473. The molecule has 0 aliphatic heterocycles. The second kappa shape index (κ2) is 10.9. The number of hydrogen-bond acceptors (Lipinski definition) is 5. The van der Waals surface area contributed by atoms with E-state index in [1.165, 1.54) is 0 Å². The van der Waals surface area contributed by atoms with Crippen LogP contribution in [0.1, 0.15) is 53.3 Å². The normalized spacial score (nSPS) is 10.2. The first-order valence-electron chi connectivity index (χ1n) is 9.28. The number of ketones is 1. The summed E-state index contributed by atoms with van der Waals surface area (Å²) in [6, 6.07) is 13.4. The molecular weight excluding hydrogens is 358 g/mol. The zero-order chi connectivity index (χ0) is 20.4. The van der Waals surface area contributed by atoms with Crippen LogP contribution in [0.5, 0.6) is 5.75 Å². The molecule has 148 valence electrons. The summed E-state index contributed by atoms with van der Waals surface area (Å²) in [5.74, 6) is -0.281. The van der Waals surface area contributed by atoms with Crippen LogP contribution >= 0.6 is 0 Å². The molecule has 6 nitrogen and oxygen atoms in total. The van der Waals surface area contributed by atoms with Crippen molar-refractivity contribution in [3.05, 3.63) is 59.7 Å². The summed E-state index contributed by atoms with van der Waals surface area (Å²) in [7, 11) is 1.55. The number of Topliss-reactive ketones (excluding diaryl/α,β-unsaturated/α-hetero) is 1. The molecule has 0 fully saturated rings. The van der Waals surface area contributed by atoms with E-state index < -0.39 is 5.97 Å². The van der Waals surface area contributed by atoms with Gasteiger partial charge in [0.05, 0.1) is 25.0 Å². The molecule has 1 amide bonds. The molecule has 2 aromatic carbocycles. The highest BCUT2D eigenvalue weighted by atomic mass is 16.5. The second-order valence-electron chi connectivity index (χ2n) is 6.23. The number of esters is 1. The van der Waals surface area contributed by atoms with E-state index in [4.69, 9.17) is 9.47 Å². The van der Waals surface area contributed by atoms with Gasteiger partial charge in [0.15, 0.2) is 5.78 Å².